The van der Waals surface area contributed by atoms with E-state index in [0.717, 1.165) is 59.6 Å². The lowest BCUT2D eigenvalue weighted by Crippen LogP contribution is -2.11. The van der Waals surface area contributed by atoms with Gasteiger partial charge in [-0.25, -0.2) is 14.8 Å². The van der Waals surface area contributed by atoms with Crippen molar-refractivity contribution in [2.75, 3.05) is 0 Å². The number of hydrogen-bond donors (Lipinski definition) is 2. The minimum Gasteiger partial charge on any atom is -0.481 e. The summed E-state index contributed by atoms with van der Waals surface area (Å²) in [6.07, 6.45) is 5.31. The van der Waals surface area contributed by atoms with Gasteiger partial charge in [-0.1, -0.05) is 75.2 Å². The quantitative estimate of drug-likeness (QED) is 0.289. The fourth-order valence-corrected chi connectivity index (χ4v) is 4.02. The summed E-state index contributed by atoms with van der Waals surface area (Å²) in [5.41, 5.74) is 4.19. The first-order valence-corrected chi connectivity index (χ1v) is 12.1. The fourth-order valence-electron chi connectivity index (χ4n) is 4.02. The van der Waals surface area contributed by atoms with Crippen molar-refractivity contribution in [2.24, 2.45) is 5.92 Å². The van der Waals surface area contributed by atoms with Gasteiger partial charge in [0.2, 0.25) is 0 Å². The molecule has 2 N–H and O–H groups in total. The number of nitrogens with one attached hydrogen (secondary N) is 1. The van der Waals surface area contributed by atoms with Gasteiger partial charge in [-0.3, -0.25) is 4.79 Å². The highest BCUT2D eigenvalue weighted by atomic mass is 16.4. The van der Waals surface area contributed by atoms with Gasteiger partial charge in [0.15, 0.2) is 11.6 Å². The average molecular weight is 474 g/mol. The summed E-state index contributed by atoms with van der Waals surface area (Å²) in [5.74, 6) is 1.12. The van der Waals surface area contributed by atoms with E-state index in [1.165, 1.54) is 0 Å². The average Bonchev–Trinajstić information content (AvgIpc) is 3.54. The molecule has 0 saturated carbocycles. The largest absolute Gasteiger partial charge is 0.481 e. The second kappa shape index (κ2) is 11.5. The molecule has 2 aromatic heterocycles. The summed E-state index contributed by atoms with van der Waals surface area (Å²) in [5, 5.41) is 28.2. The normalized spacial score (nSPS) is 12.1. The van der Waals surface area contributed by atoms with Crippen LogP contribution in [-0.2, 0) is 24.2 Å². The summed E-state index contributed by atoms with van der Waals surface area (Å²) in [6.45, 7) is 4.53. The number of nitrogens with zero attached hydrogens (tertiary/aromatic N) is 6. The molecular weight excluding hydrogens is 442 g/mol. The van der Waals surface area contributed by atoms with Crippen LogP contribution in [0.15, 0.2) is 48.5 Å². The van der Waals surface area contributed by atoms with Crippen molar-refractivity contribution in [3.8, 4) is 22.5 Å². The molecule has 4 rings (SSSR count). The van der Waals surface area contributed by atoms with Gasteiger partial charge >= 0.3 is 5.97 Å². The fraction of sp³-hybridized carbons (Fsp3) is 0.385. The molecule has 182 valence electrons. The topological polar surface area (TPSA) is 122 Å². The first-order chi connectivity index (χ1) is 17.0. The molecule has 2 aromatic carbocycles. The lowest BCUT2D eigenvalue weighted by atomic mass is 9.98. The van der Waals surface area contributed by atoms with E-state index in [1.807, 2.05) is 22.9 Å². The monoisotopic (exact) mass is 473 g/mol. The van der Waals surface area contributed by atoms with Crippen molar-refractivity contribution in [2.45, 2.75) is 58.9 Å². The van der Waals surface area contributed by atoms with E-state index in [-0.39, 0.29) is 0 Å². The highest BCUT2D eigenvalue weighted by molar-refractivity contribution is 5.80. The van der Waals surface area contributed by atoms with Crippen molar-refractivity contribution in [3.05, 3.63) is 65.7 Å². The third-order valence-corrected chi connectivity index (χ3v) is 6.14. The molecule has 0 aliphatic heterocycles. The van der Waals surface area contributed by atoms with Gasteiger partial charge in [0.05, 0.1) is 12.5 Å². The molecule has 1 unspecified atom stereocenters. The first-order valence-electron chi connectivity index (χ1n) is 12.1. The molecule has 1 atom stereocenters. The van der Waals surface area contributed by atoms with Gasteiger partial charge in [0.25, 0.3) is 0 Å². The zero-order valence-electron chi connectivity index (χ0n) is 20.2. The molecule has 0 bridgehead atoms. The Kier molecular flexibility index (Phi) is 7.97. The van der Waals surface area contributed by atoms with Gasteiger partial charge in [0, 0.05) is 18.4 Å². The Morgan fingerprint density at radius 3 is 2.51 bits per heavy atom. The standard InChI is InChI=1S/C26H31N7O2/c1-3-4-5-10-24-27-23(16-11-18(2)26(34)35)30-33(24)17-19-12-14-20(15-13-19)21-8-6-7-9-22(21)25-28-31-32-29-25/h6-9,12-15,18H,3-5,10-11,16-17H2,1-2H3,(H,34,35)(H,28,29,31,32). The van der Waals surface area contributed by atoms with E-state index in [2.05, 4.69) is 57.9 Å². The van der Waals surface area contributed by atoms with Gasteiger partial charge in [-0.05, 0) is 40.0 Å². The summed E-state index contributed by atoms with van der Waals surface area (Å²) in [6, 6.07) is 16.4. The van der Waals surface area contributed by atoms with E-state index in [0.29, 0.717) is 25.2 Å². The van der Waals surface area contributed by atoms with Crippen LogP contribution in [0.5, 0.6) is 0 Å². The number of rotatable bonds is 12. The zero-order chi connectivity index (χ0) is 24.6. The highest BCUT2D eigenvalue weighted by Gasteiger charge is 2.15. The predicted octanol–water partition coefficient (Wildman–Crippen LogP) is 4.56. The number of aromatic amines is 1. The Morgan fingerprint density at radius 2 is 1.83 bits per heavy atom. The van der Waals surface area contributed by atoms with E-state index < -0.39 is 11.9 Å². The Hall–Kier alpha value is -3.88. The van der Waals surface area contributed by atoms with Gasteiger partial charge < -0.3 is 5.11 Å². The van der Waals surface area contributed by atoms with Crippen molar-refractivity contribution in [1.82, 2.24) is 35.4 Å². The molecule has 2 heterocycles. The summed E-state index contributed by atoms with van der Waals surface area (Å²) in [4.78, 5) is 15.9. The SMILES string of the molecule is CCCCCc1nc(CCC(C)C(=O)O)nn1Cc1ccc(-c2ccccc2-c2nnn[nH]2)cc1. The third kappa shape index (κ3) is 6.17. The minimum atomic E-state index is -0.783. The molecule has 9 heteroatoms. The number of hydrogen-bond acceptors (Lipinski definition) is 6. The van der Waals surface area contributed by atoms with Crippen LogP contribution in [0.1, 0.15) is 56.7 Å². The van der Waals surface area contributed by atoms with E-state index in [4.69, 9.17) is 10.1 Å². The summed E-state index contributed by atoms with van der Waals surface area (Å²) < 4.78 is 1.97. The number of tetrazole rings is 1. The molecule has 0 aliphatic rings. The van der Waals surface area contributed by atoms with Crippen LogP contribution in [0.4, 0.5) is 0 Å². The molecule has 0 spiro atoms. The molecule has 0 fully saturated rings. The van der Waals surface area contributed by atoms with Gasteiger partial charge in [0.1, 0.15) is 5.82 Å². The second-order valence-corrected chi connectivity index (χ2v) is 8.83. The number of carbonyl (C=O) groups is 1. The minimum absolute atomic E-state index is 0.409. The van der Waals surface area contributed by atoms with Crippen LogP contribution in [0, 0.1) is 5.92 Å². The molecule has 0 amide bonds. The number of aromatic nitrogens is 7. The van der Waals surface area contributed by atoms with Crippen LogP contribution in [0.3, 0.4) is 0 Å². The van der Waals surface area contributed by atoms with E-state index in [1.54, 1.807) is 6.92 Å². The molecule has 4 aromatic rings. The molecule has 9 nitrogen and oxygen atoms in total. The summed E-state index contributed by atoms with van der Waals surface area (Å²) in [7, 11) is 0. The van der Waals surface area contributed by atoms with Gasteiger partial charge in [-0.2, -0.15) is 5.10 Å². The van der Waals surface area contributed by atoms with Crippen molar-refractivity contribution >= 4 is 5.97 Å². The number of aliphatic carboxylic acids is 1. The third-order valence-electron chi connectivity index (χ3n) is 6.14. The Bertz CT molecular complexity index is 1230. The second-order valence-electron chi connectivity index (χ2n) is 8.83. The van der Waals surface area contributed by atoms with E-state index >= 15 is 0 Å². The molecular formula is C26H31N7O2. The maximum absolute atomic E-state index is 11.2. The number of H-pyrrole nitrogens is 1. The van der Waals surface area contributed by atoms with Gasteiger partial charge in [-0.15, -0.1) is 5.10 Å². The van der Waals surface area contributed by atoms with Crippen LogP contribution in [0.2, 0.25) is 0 Å². The van der Waals surface area contributed by atoms with Crippen molar-refractivity contribution < 1.29 is 9.90 Å². The van der Waals surface area contributed by atoms with E-state index in [9.17, 15) is 9.90 Å². The van der Waals surface area contributed by atoms with Crippen molar-refractivity contribution in [3.63, 3.8) is 0 Å². The number of benzene rings is 2. The number of aryl methyl sites for hydroxylation is 2. The smallest absolute Gasteiger partial charge is 0.306 e. The van der Waals surface area contributed by atoms with Crippen molar-refractivity contribution in [1.29, 1.82) is 0 Å². The predicted molar refractivity (Wildman–Crippen MR) is 133 cm³/mol. The molecule has 0 aliphatic carbocycles. The Morgan fingerprint density at radius 1 is 1.06 bits per heavy atom. The van der Waals surface area contributed by atoms with Crippen LogP contribution in [0.25, 0.3) is 22.5 Å². The van der Waals surface area contributed by atoms with Crippen LogP contribution >= 0.6 is 0 Å². The number of unbranched alkanes of at least 4 members (excludes halogenated alkanes) is 2. The molecule has 0 saturated heterocycles. The van der Waals surface area contributed by atoms with Crippen LogP contribution < -0.4 is 0 Å². The highest BCUT2D eigenvalue weighted by Crippen LogP contribution is 2.29. The first kappa shape index (κ1) is 24.3. The Balaban J connectivity index is 1.52. The van der Waals surface area contributed by atoms with Crippen LogP contribution in [-0.4, -0.2) is 46.5 Å². The number of carboxylic acid groups (broad SMARTS) is 1. The lowest BCUT2D eigenvalue weighted by molar-refractivity contribution is -0.141. The lowest BCUT2D eigenvalue weighted by Gasteiger charge is -2.09. The molecule has 0 radical (unpaired) electrons. The maximum Gasteiger partial charge on any atom is 0.306 e. The zero-order valence-corrected chi connectivity index (χ0v) is 20.2. The Labute approximate surface area is 204 Å². The number of carboxylic acids is 1. The molecule has 35 heavy (non-hydrogen) atoms. The summed E-state index contributed by atoms with van der Waals surface area (Å²) >= 11 is 0. The maximum atomic E-state index is 11.2.